The van der Waals surface area contributed by atoms with Crippen molar-refractivity contribution in [2.24, 2.45) is 0 Å². The Morgan fingerprint density at radius 1 is 1.36 bits per heavy atom. The smallest absolute Gasteiger partial charge is 0.325 e. The number of para-hydroxylation sites is 1. The molecule has 2 aromatic rings. The van der Waals surface area contributed by atoms with Crippen LogP contribution in [0.5, 0.6) is 0 Å². The quantitative estimate of drug-likeness (QED) is 0.732. The number of aliphatic carboxylic acids is 1. The van der Waals surface area contributed by atoms with Crippen LogP contribution in [0, 0.1) is 0 Å². The van der Waals surface area contributed by atoms with Gasteiger partial charge in [0, 0.05) is 12.8 Å². The van der Waals surface area contributed by atoms with Gasteiger partial charge in [0.15, 0.2) is 0 Å². The largest absolute Gasteiger partial charge is 0.480 e. The number of carboxylic acid groups (broad SMARTS) is 1. The third-order valence-corrected chi connectivity index (χ3v) is 3.23. The van der Waals surface area contributed by atoms with Crippen LogP contribution in [0.1, 0.15) is 25.6 Å². The Labute approximate surface area is 126 Å². The Balaban J connectivity index is 1.94. The first kappa shape index (κ1) is 15.7. The first-order valence-electron chi connectivity index (χ1n) is 6.97. The van der Waals surface area contributed by atoms with Gasteiger partial charge in [0.25, 0.3) is 5.56 Å². The van der Waals surface area contributed by atoms with Crippen molar-refractivity contribution in [3.63, 3.8) is 0 Å². The fourth-order valence-corrected chi connectivity index (χ4v) is 2.05. The Morgan fingerprint density at radius 3 is 2.82 bits per heavy atom. The zero-order valence-corrected chi connectivity index (χ0v) is 12.1. The van der Waals surface area contributed by atoms with Gasteiger partial charge in [-0.3, -0.25) is 14.4 Å². The lowest BCUT2D eigenvalue weighted by Gasteiger charge is -2.08. The minimum Gasteiger partial charge on any atom is -0.480 e. The fourth-order valence-electron chi connectivity index (χ4n) is 2.05. The van der Waals surface area contributed by atoms with Gasteiger partial charge in [0.1, 0.15) is 11.9 Å². The first-order chi connectivity index (χ1) is 10.5. The summed E-state index contributed by atoms with van der Waals surface area (Å²) in [5.74, 6) is -0.894. The fraction of sp³-hybridized carbons (Fsp3) is 0.333. The van der Waals surface area contributed by atoms with E-state index in [-0.39, 0.29) is 17.9 Å². The second-order valence-electron chi connectivity index (χ2n) is 5.01. The zero-order valence-electron chi connectivity index (χ0n) is 12.1. The number of carbonyl (C=O) groups excluding carboxylic acids is 1. The van der Waals surface area contributed by atoms with Crippen LogP contribution in [0.4, 0.5) is 0 Å². The molecule has 22 heavy (non-hydrogen) atoms. The number of aromatic amines is 1. The normalized spacial score (nSPS) is 12.0. The van der Waals surface area contributed by atoms with Gasteiger partial charge in [-0.05, 0) is 25.5 Å². The summed E-state index contributed by atoms with van der Waals surface area (Å²) >= 11 is 0. The van der Waals surface area contributed by atoms with E-state index in [0.717, 1.165) is 0 Å². The zero-order chi connectivity index (χ0) is 16.1. The number of benzene rings is 1. The highest BCUT2D eigenvalue weighted by Gasteiger charge is 2.13. The molecule has 1 aromatic carbocycles. The first-order valence-corrected chi connectivity index (χ1v) is 6.97. The molecule has 0 aliphatic rings. The van der Waals surface area contributed by atoms with Crippen LogP contribution in [0.15, 0.2) is 29.1 Å². The molecular weight excluding hydrogens is 286 g/mol. The summed E-state index contributed by atoms with van der Waals surface area (Å²) in [6.07, 6.45) is 1.09. The summed E-state index contributed by atoms with van der Waals surface area (Å²) in [6, 6.07) is 6.12. The molecule has 1 atom stereocenters. The molecule has 0 aliphatic carbocycles. The SMILES string of the molecule is CC(NC(=O)CCCc1nc2ccccc2c(=O)[nH]1)C(=O)O. The maximum Gasteiger partial charge on any atom is 0.325 e. The second kappa shape index (κ2) is 6.84. The van der Waals surface area contributed by atoms with E-state index < -0.39 is 12.0 Å². The molecule has 7 nitrogen and oxygen atoms in total. The number of amides is 1. The predicted octanol–water partition coefficient (Wildman–Crippen LogP) is 0.835. The number of hydrogen-bond donors (Lipinski definition) is 3. The number of rotatable bonds is 6. The van der Waals surface area contributed by atoms with Crippen LogP contribution in [0.2, 0.25) is 0 Å². The Kier molecular flexibility index (Phi) is 4.88. The molecule has 0 aliphatic heterocycles. The molecule has 0 saturated heterocycles. The van der Waals surface area contributed by atoms with Crippen molar-refractivity contribution in [3.8, 4) is 0 Å². The average molecular weight is 303 g/mol. The molecule has 0 radical (unpaired) electrons. The van der Waals surface area contributed by atoms with Crippen LogP contribution in [-0.4, -0.2) is 33.0 Å². The number of H-pyrrole nitrogens is 1. The number of hydrogen-bond acceptors (Lipinski definition) is 4. The summed E-state index contributed by atoms with van der Waals surface area (Å²) in [6.45, 7) is 1.41. The van der Waals surface area contributed by atoms with Crippen molar-refractivity contribution in [1.82, 2.24) is 15.3 Å². The second-order valence-corrected chi connectivity index (χ2v) is 5.01. The standard InChI is InChI=1S/C15H17N3O4/c1-9(15(21)22)16-13(19)8-4-7-12-17-11-6-3-2-5-10(11)14(20)18-12/h2-3,5-6,9H,4,7-8H2,1H3,(H,16,19)(H,21,22)(H,17,18,20). The van der Waals surface area contributed by atoms with Gasteiger partial charge < -0.3 is 15.4 Å². The predicted molar refractivity (Wildman–Crippen MR) is 80.5 cm³/mol. The lowest BCUT2D eigenvalue weighted by atomic mass is 10.2. The van der Waals surface area contributed by atoms with E-state index >= 15 is 0 Å². The molecule has 0 fully saturated rings. The number of nitrogens with one attached hydrogen (secondary N) is 2. The number of fused-ring (bicyclic) bond motifs is 1. The molecule has 2 rings (SSSR count). The third-order valence-electron chi connectivity index (χ3n) is 3.23. The van der Waals surface area contributed by atoms with Gasteiger partial charge in [-0.1, -0.05) is 12.1 Å². The van der Waals surface area contributed by atoms with Crippen molar-refractivity contribution in [2.75, 3.05) is 0 Å². The highest BCUT2D eigenvalue weighted by molar-refractivity contribution is 5.83. The van der Waals surface area contributed by atoms with E-state index in [0.29, 0.717) is 29.6 Å². The number of aromatic nitrogens is 2. The van der Waals surface area contributed by atoms with E-state index in [1.54, 1.807) is 24.3 Å². The summed E-state index contributed by atoms with van der Waals surface area (Å²) in [4.78, 5) is 41.1. The molecular formula is C15H17N3O4. The van der Waals surface area contributed by atoms with Crippen LogP contribution in [0.25, 0.3) is 10.9 Å². The van der Waals surface area contributed by atoms with Gasteiger partial charge in [-0.2, -0.15) is 0 Å². The topological polar surface area (TPSA) is 112 Å². The van der Waals surface area contributed by atoms with Gasteiger partial charge in [0.05, 0.1) is 10.9 Å². The van der Waals surface area contributed by atoms with Gasteiger partial charge >= 0.3 is 5.97 Å². The summed E-state index contributed by atoms with van der Waals surface area (Å²) < 4.78 is 0. The molecule has 0 bridgehead atoms. The minimum absolute atomic E-state index is 0.175. The number of nitrogens with zero attached hydrogens (tertiary/aromatic N) is 1. The minimum atomic E-state index is -1.08. The molecule has 1 amide bonds. The third kappa shape index (κ3) is 3.91. The van der Waals surface area contributed by atoms with Gasteiger partial charge in [-0.15, -0.1) is 0 Å². The number of aryl methyl sites for hydroxylation is 1. The summed E-state index contributed by atoms with van der Waals surface area (Å²) in [5, 5.41) is 11.6. The van der Waals surface area contributed by atoms with Gasteiger partial charge in [-0.25, -0.2) is 4.98 Å². The Morgan fingerprint density at radius 2 is 2.09 bits per heavy atom. The van der Waals surface area contributed by atoms with E-state index in [9.17, 15) is 14.4 Å². The molecule has 1 unspecified atom stereocenters. The molecule has 0 spiro atoms. The van der Waals surface area contributed by atoms with E-state index in [1.807, 2.05) is 0 Å². The van der Waals surface area contributed by atoms with Crippen LogP contribution in [-0.2, 0) is 16.0 Å². The average Bonchev–Trinajstić information content (AvgIpc) is 2.47. The maximum absolute atomic E-state index is 11.9. The van der Waals surface area contributed by atoms with E-state index in [2.05, 4.69) is 15.3 Å². The summed E-state index contributed by atoms with van der Waals surface area (Å²) in [5.41, 5.74) is 0.412. The van der Waals surface area contributed by atoms with Gasteiger partial charge in [0.2, 0.25) is 5.91 Å². The van der Waals surface area contributed by atoms with Crippen LogP contribution in [0.3, 0.4) is 0 Å². The Bertz CT molecular complexity index is 754. The van der Waals surface area contributed by atoms with Crippen molar-refractivity contribution in [2.45, 2.75) is 32.2 Å². The molecule has 3 N–H and O–H groups in total. The lowest BCUT2D eigenvalue weighted by Crippen LogP contribution is -2.38. The number of carboxylic acids is 1. The van der Waals surface area contributed by atoms with E-state index in [4.69, 9.17) is 5.11 Å². The maximum atomic E-state index is 11.9. The van der Waals surface area contributed by atoms with Crippen molar-refractivity contribution < 1.29 is 14.7 Å². The molecule has 1 heterocycles. The lowest BCUT2D eigenvalue weighted by molar-refractivity contribution is -0.141. The van der Waals surface area contributed by atoms with Crippen LogP contribution >= 0.6 is 0 Å². The molecule has 1 aromatic heterocycles. The number of carbonyl (C=O) groups is 2. The van der Waals surface area contributed by atoms with Crippen molar-refractivity contribution >= 4 is 22.8 Å². The van der Waals surface area contributed by atoms with E-state index in [1.165, 1.54) is 6.92 Å². The monoisotopic (exact) mass is 303 g/mol. The molecule has 116 valence electrons. The summed E-state index contributed by atoms with van der Waals surface area (Å²) in [7, 11) is 0. The highest BCUT2D eigenvalue weighted by Crippen LogP contribution is 2.07. The van der Waals surface area contributed by atoms with Crippen LogP contribution < -0.4 is 10.9 Å². The molecule has 7 heteroatoms. The van der Waals surface area contributed by atoms with Crippen molar-refractivity contribution in [3.05, 3.63) is 40.4 Å². The highest BCUT2D eigenvalue weighted by atomic mass is 16.4. The van der Waals surface area contributed by atoms with Crippen molar-refractivity contribution in [1.29, 1.82) is 0 Å². The molecule has 0 saturated carbocycles. The Hall–Kier alpha value is -2.70.